The molecule has 0 saturated carbocycles. The van der Waals surface area contributed by atoms with Gasteiger partial charge in [0.25, 0.3) is 0 Å². The highest BCUT2D eigenvalue weighted by Crippen LogP contribution is 2.23. The maximum Gasteiger partial charge on any atom is 0.183 e. The van der Waals surface area contributed by atoms with E-state index in [4.69, 9.17) is 5.73 Å². The Kier molecular flexibility index (Phi) is 2.34. The van der Waals surface area contributed by atoms with Crippen molar-refractivity contribution >= 4 is 17.2 Å². The second kappa shape index (κ2) is 3.99. The molecule has 0 aliphatic rings. The number of rotatable bonds is 2. The van der Waals surface area contributed by atoms with Crippen LogP contribution in [0, 0.1) is 0 Å². The van der Waals surface area contributed by atoms with Gasteiger partial charge in [-0.3, -0.25) is 5.10 Å². The Morgan fingerprint density at radius 2 is 2.18 bits per heavy atom. The van der Waals surface area contributed by atoms with Gasteiger partial charge in [0.05, 0.1) is 4.88 Å². The molecule has 3 aromatic rings. The van der Waals surface area contributed by atoms with Crippen LogP contribution in [0.3, 0.4) is 0 Å². The summed E-state index contributed by atoms with van der Waals surface area (Å²) in [6.45, 7) is 0. The van der Waals surface area contributed by atoms with E-state index in [9.17, 15) is 0 Å². The topological polar surface area (TPSA) is 80.5 Å². The molecule has 0 unspecified atom stereocenters. The molecule has 6 heteroatoms. The molecule has 3 N–H and O–H groups in total. The molecule has 0 atom stereocenters. The third kappa shape index (κ3) is 1.90. The van der Waals surface area contributed by atoms with Gasteiger partial charge in [0.15, 0.2) is 11.6 Å². The number of nitrogen functional groups attached to an aromatic ring is 1. The van der Waals surface area contributed by atoms with Crippen LogP contribution in [0.5, 0.6) is 0 Å². The second-order valence-electron chi connectivity index (χ2n) is 3.46. The highest BCUT2D eigenvalue weighted by molar-refractivity contribution is 7.13. The van der Waals surface area contributed by atoms with Crippen molar-refractivity contribution in [2.24, 2.45) is 0 Å². The Morgan fingerprint density at radius 1 is 1.24 bits per heavy atom. The number of thiophene rings is 1. The van der Waals surface area contributed by atoms with E-state index in [-0.39, 0.29) is 0 Å². The minimum atomic E-state index is 0.489. The molecule has 0 aromatic carbocycles. The van der Waals surface area contributed by atoms with Gasteiger partial charge in [-0.15, -0.1) is 11.3 Å². The van der Waals surface area contributed by atoms with E-state index < -0.39 is 0 Å². The van der Waals surface area contributed by atoms with Crippen LogP contribution in [0.15, 0.2) is 35.8 Å². The molecule has 5 nitrogen and oxygen atoms in total. The van der Waals surface area contributed by atoms with Gasteiger partial charge in [-0.2, -0.15) is 5.10 Å². The number of nitrogens with two attached hydrogens (primary N) is 1. The number of nitrogens with zero attached hydrogens (tertiary/aromatic N) is 3. The van der Waals surface area contributed by atoms with Gasteiger partial charge in [-0.25, -0.2) is 9.97 Å². The maximum absolute atomic E-state index is 5.53. The minimum absolute atomic E-state index is 0.489. The van der Waals surface area contributed by atoms with E-state index in [2.05, 4.69) is 20.2 Å². The monoisotopic (exact) mass is 243 g/mol. The molecule has 0 fully saturated rings. The Hall–Kier alpha value is -2.21. The van der Waals surface area contributed by atoms with Crippen molar-refractivity contribution in [3.63, 3.8) is 0 Å². The zero-order valence-electron chi connectivity index (χ0n) is 8.79. The van der Waals surface area contributed by atoms with Crippen LogP contribution in [-0.4, -0.2) is 20.2 Å². The van der Waals surface area contributed by atoms with Crippen LogP contribution in [0.4, 0.5) is 5.82 Å². The van der Waals surface area contributed by atoms with Gasteiger partial charge < -0.3 is 5.73 Å². The van der Waals surface area contributed by atoms with Crippen LogP contribution in [0.25, 0.3) is 22.1 Å². The third-order valence-corrected chi connectivity index (χ3v) is 3.16. The van der Waals surface area contributed by atoms with E-state index in [0.717, 1.165) is 16.3 Å². The van der Waals surface area contributed by atoms with Gasteiger partial charge in [0, 0.05) is 11.8 Å². The molecule has 0 saturated heterocycles. The number of aromatic nitrogens is 4. The van der Waals surface area contributed by atoms with Crippen molar-refractivity contribution in [2.45, 2.75) is 0 Å². The number of hydrogen-bond acceptors (Lipinski definition) is 5. The molecule has 3 aromatic heterocycles. The van der Waals surface area contributed by atoms with Crippen LogP contribution in [-0.2, 0) is 0 Å². The number of anilines is 1. The van der Waals surface area contributed by atoms with Gasteiger partial charge in [0.1, 0.15) is 5.82 Å². The fraction of sp³-hybridized carbons (Fsp3) is 0. The Balaban J connectivity index is 1.98. The SMILES string of the molecule is Nc1ccc(-c2n[nH]c(-c3cccs3)n2)cn1. The van der Waals surface area contributed by atoms with Gasteiger partial charge in [-0.1, -0.05) is 6.07 Å². The largest absolute Gasteiger partial charge is 0.384 e. The van der Waals surface area contributed by atoms with E-state index >= 15 is 0 Å². The van der Waals surface area contributed by atoms with Crippen molar-refractivity contribution in [1.29, 1.82) is 0 Å². The Morgan fingerprint density at radius 3 is 2.88 bits per heavy atom. The smallest absolute Gasteiger partial charge is 0.183 e. The number of pyridine rings is 1. The molecule has 0 amide bonds. The molecular formula is C11H9N5S. The fourth-order valence-corrected chi connectivity index (χ4v) is 2.12. The summed E-state index contributed by atoms with van der Waals surface area (Å²) in [6.07, 6.45) is 1.66. The number of hydrogen-bond donors (Lipinski definition) is 2. The van der Waals surface area contributed by atoms with Gasteiger partial charge in [-0.05, 0) is 23.6 Å². The quantitative estimate of drug-likeness (QED) is 0.722. The van der Waals surface area contributed by atoms with Crippen molar-refractivity contribution in [3.05, 3.63) is 35.8 Å². The second-order valence-corrected chi connectivity index (χ2v) is 4.40. The highest BCUT2D eigenvalue weighted by Gasteiger charge is 2.08. The molecule has 0 spiro atoms. The summed E-state index contributed by atoms with van der Waals surface area (Å²) in [4.78, 5) is 9.49. The van der Waals surface area contributed by atoms with Crippen LogP contribution in [0.1, 0.15) is 0 Å². The Labute approximate surface area is 101 Å². The predicted octanol–water partition coefficient (Wildman–Crippen LogP) is 2.18. The van der Waals surface area contributed by atoms with E-state index in [1.54, 1.807) is 23.6 Å². The summed E-state index contributed by atoms with van der Waals surface area (Å²) in [5.41, 5.74) is 6.37. The fourth-order valence-electron chi connectivity index (χ4n) is 1.45. The zero-order valence-corrected chi connectivity index (χ0v) is 9.61. The minimum Gasteiger partial charge on any atom is -0.384 e. The van der Waals surface area contributed by atoms with Crippen molar-refractivity contribution in [1.82, 2.24) is 20.2 Å². The molecule has 0 radical (unpaired) electrons. The average Bonchev–Trinajstić information content (AvgIpc) is 3.00. The number of aromatic amines is 1. The summed E-state index contributed by atoms with van der Waals surface area (Å²) in [7, 11) is 0. The van der Waals surface area contributed by atoms with E-state index in [0.29, 0.717) is 11.6 Å². The summed E-state index contributed by atoms with van der Waals surface area (Å²) in [5, 5.41) is 9.08. The van der Waals surface area contributed by atoms with Crippen molar-refractivity contribution in [3.8, 4) is 22.1 Å². The first kappa shape index (κ1) is 9.98. The molecule has 0 bridgehead atoms. The first-order valence-electron chi connectivity index (χ1n) is 5.01. The normalized spacial score (nSPS) is 10.6. The molecule has 0 aliphatic carbocycles. The van der Waals surface area contributed by atoms with Gasteiger partial charge in [0.2, 0.25) is 0 Å². The van der Waals surface area contributed by atoms with E-state index in [1.165, 1.54) is 0 Å². The average molecular weight is 243 g/mol. The third-order valence-electron chi connectivity index (χ3n) is 2.28. The maximum atomic E-state index is 5.53. The molecule has 0 aliphatic heterocycles. The lowest BCUT2D eigenvalue weighted by molar-refractivity contribution is 1.10. The lowest BCUT2D eigenvalue weighted by Gasteiger charge is -1.94. The lowest BCUT2D eigenvalue weighted by atomic mass is 10.3. The molecule has 17 heavy (non-hydrogen) atoms. The lowest BCUT2D eigenvalue weighted by Crippen LogP contribution is -1.89. The summed E-state index contributed by atoms with van der Waals surface area (Å²) in [5.74, 6) is 1.88. The van der Waals surface area contributed by atoms with E-state index in [1.807, 2.05) is 23.6 Å². The summed E-state index contributed by atoms with van der Waals surface area (Å²) in [6, 6.07) is 7.56. The molecule has 84 valence electrons. The Bertz CT molecular complexity index is 612. The number of H-pyrrole nitrogens is 1. The molecule has 3 heterocycles. The van der Waals surface area contributed by atoms with Gasteiger partial charge >= 0.3 is 0 Å². The van der Waals surface area contributed by atoms with Crippen molar-refractivity contribution < 1.29 is 0 Å². The summed E-state index contributed by atoms with van der Waals surface area (Å²) < 4.78 is 0. The molecular weight excluding hydrogens is 234 g/mol. The number of nitrogens with one attached hydrogen (secondary N) is 1. The first-order chi connectivity index (χ1) is 8.33. The first-order valence-corrected chi connectivity index (χ1v) is 5.89. The molecule has 3 rings (SSSR count). The van der Waals surface area contributed by atoms with Crippen molar-refractivity contribution in [2.75, 3.05) is 5.73 Å². The predicted molar refractivity (Wildman–Crippen MR) is 67.3 cm³/mol. The van der Waals surface area contributed by atoms with Crippen LogP contribution in [0.2, 0.25) is 0 Å². The summed E-state index contributed by atoms with van der Waals surface area (Å²) >= 11 is 1.62. The standard InChI is InChI=1S/C11H9N5S/c12-9-4-3-7(6-13-9)10-14-11(16-15-10)8-2-1-5-17-8/h1-6H,(H2,12,13)(H,14,15,16). The van der Waals surface area contributed by atoms with Crippen LogP contribution >= 0.6 is 11.3 Å². The zero-order chi connectivity index (χ0) is 11.7. The highest BCUT2D eigenvalue weighted by atomic mass is 32.1. The van der Waals surface area contributed by atoms with Crippen LogP contribution < -0.4 is 5.73 Å².